The van der Waals surface area contributed by atoms with Crippen LogP contribution in [0.3, 0.4) is 0 Å². The van der Waals surface area contributed by atoms with Gasteiger partial charge in [0.25, 0.3) is 5.91 Å². The molecule has 1 saturated heterocycles. The van der Waals surface area contributed by atoms with Gasteiger partial charge in [-0.2, -0.15) is 0 Å². The van der Waals surface area contributed by atoms with E-state index in [1.165, 1.54) is 18.2 Å². The Balaban J connectivity index is 2.19. The van der Waals surface area contributed by atoms with Crippen LogP contribution in [0.15, 0.2) is 18.2 Å². The van der Waals surface area contributed by atoms with Crippen molar-refractivity contribution in [2.75, 3.05) is 26.2 Å². The lowest BCUT2D eigenvalue weighted by Crippen LogP contribution is -2.56. The van der Waals surface area contributed by atoms with Crippen molar-refractivity contribution < 1.29 is 14.0 Å². The maximum Gasteiger partial charge on any atom is 0.251 e. The summed E-state index contributed by atoms with van der Waals surface area (Å²) < 4.78 is 15.1. The molecule has 162 valence electrons. The number of piperidine rings is 1. The lowest BCUT2D eigenvalue weighted by molar-refractivity contribution is -0.140. The number of nitrogens with one attached hydrogen (secondary N) is 2. The van der Waals surface area contributed by atoms with E-state index in [2.05, 4.69) is 10.6 Å². The molecule has 1 aliphatic rings. The Kier molecular flexibility index (Phi) is 7.93. The summed E-state index contributed by atoms with van der Waals surface area (Å²) in [6, 6.07) is 4.55. The van der Waals surface area contributed by atoms with E-state index in [0.717, 1.165) is 0 Å². The Morgan fingerprint density at radius 2 is 1.90 bits per heavy atom. The number of hydrogen-bond acceptors (Lipinski definition) is 3. The Labute approximate surface area is 182 Å². The first-order valence-electron chi connectivity index (χ1n) is 9.88. The number of nitrogens with zero attached hydrogens (tertiary/aromatic N) is 1. The van der Waals surface area contributed by atoms with Crippen LogP contribution in [0.5, 0.6) is 0 Å². The average Bonchev–Trinajstić information content (AvgIpc) is 2.60. The van der Waals surface area contributed by atoms with Crippen molar-refractivity contribution in [1.82, 2.24) is 15.5 Å². The highest BCUT2D eigenvalue weighted by Crippen LogP contribution is 2.36. The molecule has 0 bridgehead atoms. The molecule has 1 heterocycles. The second-order valence-corrected chi connectivity index (χ2v) is 9.48. The van der Waals surface area contributed by atoms with Crippen LogP contribution >= 0.6 is 23.2 Å². The molecule has 2 atom stereocenters. The lowest BCUT2D eigenvalue weighted by atomic mass is 9.74. The van der Waals surface area contributed by atoms with Crippen LogP contribution in [0.4, 0.5) is 4.39 Å². The maximum atomic E-state index is 15.1. The van der Waals surface area contributed by atoms with Crippen molar-refractivity contribution in [3.05, 3.63) is 33.8 Å². The van der Waals surface area contributed by atoms with Crippen molar-refractivity contribution in [1.29, 1.82) is 0 Å². The van der Waals surface area contributed by atoms with E-state index in [1.54, 1.807) is 4.90 Å². The number of halogens is 3. The van der Waals surface area contributed by atoms with E-state index in [1.807, 2.05) is 27.7 Å². The number of benzene rings is 1. The van der Waals surface area contributed by atoms with Gasteiger partial charge in [-0.25, -0.2) is 4.39 Å². The SMILES string of the molecule is CCN(C(=O)C[C@@]1(CNC(=O)c2cc(Cl)cc(Cl)c2)CCNC[C@H]1F)C(C)(C)C. The molecule has 5 nitrogen and oxygen atoms in total. The summed E-state index contributed by atoms with van der Waals surface area (Å²) in [4.78, 5) is 27.4. The summed E-state index contributed by atoms with van der Waals surface area (Å²) in [5.41, 5.74) is -1.01. The second kappa shape index (κ2) is 9.63. The fourth-order valence-corrected chi connectivity index (χ4v) is 4.39. The van der Waals surface area contributed by atoms with Gasteiger partial charge in [-0.15, -0.1) is 0 Å². The fourth-order valence-electron chi connectivity index (χ4n) is 3.86. The molecule has 0 unspecified atom stereocenters. The van der Waals surface area contributed by atoms with Crippen molar-refractivity contribution in [2.45, 2.75) is 52.2 Å². The van der Waals surface area contributed by atoms with E-state index in [9.17, 15) is 9.59 Å². The molecule has 2 amide bonds. The van der Waals surface area contributed by atoms with Gasteiger partial charge in [0.15, 0.2) is 0 Å². The number of carbonyl (C=O) groups excluding carboxylic acids is 2. The molecule has 0 radical (unpaired) electrons. The van der Waals surface area contributed by atoms with Gasteiger partial charge in [0.1, 0.15) is 6.17 Å². The van der Waals surface area contributed by atoms with Gasteiger partial charge in [0.2, 0.25) is 5.91 Å². The molecule has 0 aromatic heterocycles. The summed E-state index contributed by atoms with van der Waals surface area (Å²) in [6.07, 6.45) is -0.752. The number of alkyl halides is 1. The largest absolute Gasteiger partial charge is 0.351 e. The first-order valence-corrected chi connectivity index (χ1v) is 10.6. The molecule has 0 aliphatic carbocycles. The van der Waals surface area contributed by atoms with Crippen molar-refractivity contribution in [3.8, 4) is 0 Å². The lowest BCUT2D eigenvalue weighted by Gasteiger charge is -2.43. The minimum atomic E-state index is -1.25. The number of carbonyl (C=O) groups is 2. The van der Waals surface area contributed by atoms with Crippen LogP contribution in [0.25, 0.3) is 0 Å². The molecule has 1 fully saturated rings. The van der Waals surface area contributed by atoms with Crippen LogP contribution < -0.4 is 10.6 Å². The smallest absolute Gasteiger partial charge is 0.251 e. The van der Waals surface area contributed by atoms with Crippen LogP contribution in [-0.4, -0.2) is 54.6 Å². The molecular formula is C21H30Cl2FN3O2. The van der Waals surface area contributed by atoms with E-state index in [-0.39, 0.29) is 31.0 Å². The Morgan fingerprint density at radius 1 is 1.28 bits per heavy atom. The summed E-state index contributed by atoms with van der Waals surface area (Å²) in [6.45, 7) is 9.15. The zero-order valence-electron chi connectivity index (χ0n) is 17.4. The molecule has 1 aromatic carbocycles. The van der Waals surface area contributed by atoms with Gasteiger partial charge in [-0.3, -0.25) is 9.59 Å². The summed E-state index contributed by atoms with van der Waals surface area (Å²) in [5.74, 6) is -0.500. The predicted molar refractivity (Wildman–Crippen MR) is 115 cm³/mol. The summed E-state index contributed by atoms with van der Waals surface area (Å²) >= 11 is 11.9. The van der Waals surface area contributed by atoms with Gasteiger partial charge < -0.3 is 15.5 Å². The van der Waals surface area contributed by atoms with Crippen LogP contribution in [0, 0.1) is 5.41 Å². The molecule has 1 aliphatic heterocycles. The highest BCUT2D eigenvalue weighted by atomic mass is 35.5. The Hall–Kier alpha value is -1.37. The number of rotatable bonds is 6. The third kappa shape index (κ3) is 6.06. The molecule has 29 heavy (non-hydrogen) atoms. The Bertz CT molecular complexity index is 734. The van der Waals surface area contributed by atoms with Crippen molar-refractivity contribution in [3.63, 3.8) is 0 Å². The third-order valence-electron chi connectivity index (χ3n) is 5.44. The van der Waals surface area contributed by atoms with Crippen LogP contribution in [0.2, 0.25) is 10.0 Å². The first-order chi connectivity index (χ1) is 13.5. The molecule has 1 aromatic rings. The first kappa shape index (κ1) is 23.9. The topological polar surface area (TPSA) is 61.4 Å². The highest BCUT2D eigenvalue weighted by molar-refractivity contribution is 6.35. The molecular weight excluding hydrogens is 416 g/mol. The minimum Gasteiger partial charge on any atom is -0.351 e. The normalized spacial score (nSPS) is 22.2. The monoisotopic (exact) mass is 445 g/mol. The zero-order chi connectivity index (χ0) is 21.8. The van der Waals surface area contributed by atoms with Gasteiger partial charge in [-0.05, 0) is 58.9 Å². The van der Waals surface area contributed by atoms with E-state index in [4.69, 9.17) is 23.2 Å². The van der Waals surface area contributed by atoms with Crippen molar-refractivity contribution in [2.24, 2.45) is 5.41 Å². The molecule has 0 saturated carbocycles. The van der Waals surface area contributed by atoms with Gasteiger partial charge in [-0.1, -0.05) is 23.2 Å². The quantitative estimate of drug-likeness (QED) is 0.693. The molecule has 8 heteroatoms. The number of amides is 2. The summed E-state index contributed by atoms with van der Waals surface area (Å²) in [7, 11) is 0. The maximum absolute atomic E-state index is 15.1. The molecule has 2 rings (SSSR count). The number of hydrogen-bond donors (Lipinski definition) is 2. The van der Waals surface area contributed by atoms with E-state index >= 15 is 4.39 Å². The van der Waals surface area contributed by atoms with Gasteiger partial charge in [0.05, 0.1) is 0 Å². The van der Waals surface area contributed by atoms with Gasteiger partial charge >= 0.3 is 0 Å². The highest BCUT2D eigenvalue weighted by Gasteiger charge is 2.44. The zero-order valence-corrected chi connectivity index (χ0v) is 19.0. The van der Waals surface area contributed by atoms with Crippen LogP contribution in [-0.2, 0) is 4.79 Å². The Morgan fingerprint density at radius 3 is 2.41 bits per heavy atom. The third-order valence-corrected chi connectivity index (χ3v) is 5.88. The summed E-state index contributed by atoms with van der Waals surface area (Å²) in [5, 5.41) is 6.52. The average molecular weight is 446 g/mol. The molecule has 2 N–H and O–H groups in total. The standard InChI is InChI=1S/C21H30Cl2FN3O2/c1-5-27(20(2,3)4)18(28)11-21(6-7-25-12-17(21)24)13-26-19(29)14-8-15(22)10-16(23)9-14/h8-10,17,25H,5-7,11-13H2,1-4H3,(H,26,29)/t17-,21-/m1/s1. The molecule has 0 spiro atoms. The second-order valence-electron chi connectivity index (χ2n) is 8.61. The fraction of sp³-hybridized carbons (Fsp3) is 0.619. The van der Waals surface area contributed by atoms with Gasteiger partial charge in [0, 0.05) is 52.6 Å². The van der Waals surface area contributed by atoms with Crippen molar-refractivity contribution >= 4 is 35.0 Å². The van der Waals surface area contributed by atoms with E-state index in [0.29, 0.717) is 35.1 Å². The van der Waals surface area contributed by atoms with E-state index < -0.39 is 17.5 Å². The predicted octanol–water partition coefficient (Wildman–Crippen LogP) is 4.08. The minimum absolute atomic E-state index is 0.0392. The van der Waals surface area contributed by atoms with Crippen LogP contribution in [0.1, 0.15) is 50.9 Å².